The summed E-state index contributed by atoms with van der Waals surface area (Å²) in [6.45, 7) is 1.83. The fourth-order valence-corrected chi connectivity index (χ4v) is 2.49. The number of rotatable bonds is 10. The number of nitrogens with zero attached hydrogens (tertiary/aromatic N) is 1. The number of hydrogen-bond acceptors (Lipinski definition) is 5. The van der Waals surface area contributed by atoms with Crippen LogP contribution in [0.5, 0.6) is 17.2 Å². The molecule has 26 heavy (non-hydrogen) atoms. The minimum Gasteiger partial charge on any atom is -0.497 e. The molecule has 0 saturated carbocycles. The van der Waals surface area contributed by atoms with Gasteiger partial charge < -0.3 is 19.5 Å². The number of methoxy groups -OCH3 is 2. The zero-order chi connectivity index (χ0) is 18.8. The van der Waals surface area contributed by atoms with E-state index >= 15 is 0 Å². The van der Waals surface area contributed by atoms with E-state index in [1.54, 1.807) is 14.2 Å². The Kier molecular flexibility index (Phi) is 7.76. The van der Waals surface area contributed by atoms with Gasteiger partial charge in [-0.1, -0.05) is 24.3 Å². The maximum atomic E-state index is 12.0. The molecular weight excluding hydrogens is 332 g/mol. The van der Waals surface area contributed by atoms with Crippen LogP contribution in [0.25, 0.3) is 0 Å². The molecule has 0 radical (unpaired) electrons. The molecule has 2 rings (SSSR count). The molecule has 0 aliphatic heterocycles. The second kappa shape index (κ2) is 10.3. The molecule has 0 fully saturated rings. The molecule has 0 unspecified atom stereocenters. The van der Waals surface area contributed by atoms with Crippen molar-refractivity contribution in [2.75, 3.05) is 41.0 Å². The van der Waals surface area contributed by atoms with E-state index in [2.05, 4.69) is 5.32 Å². The first-order valence-corrected chi connectivity index (χ1v) is 8.46. The minimum atomic E-state index is -0.0374. The Bertz CT molecular complexity index is 688. The van der Waals surface area contributed by atoms with Gasteiger partial charge in [-0.25, -0.2) is 0 Å². The van der Waals surface area contributed by atoms with E-state index in [1.165, 1.54) is 0 Å². The van der Waals surface area contributed by atoms with Crippen LogP contribution in [0.1, 0.15) is 5.56 Å². The van der Waals surface area contributed by atoms with Crippen LogP contribution in [0.2, 0.25) is 0 Å². The lowest BCUT2D eigenvalue weighted by molar-refractivity contribution is -0.122. The lowest BCUT2D eigenvalue weighted by Crippen LogP contribution is -2.36. The summed E-state index contributed by atoms with van der Waals surface area (Å²) >= 11 is 0. The van der Waals surface area contributed by atoms with Crippen LogP contribution in [0, 0.1) is 0 Å². The molecule has 0 spiro atoms. The van der Waals surface area contributed by atoms with Crippen molar-refractivity contribution < 1.29 is 19.0 Å². The number of hydrogen-bond donors (Lipinski definition) is 1. The fourth-order valence-electron chi connectivity index (χ4n) is 2.49. The van der Waals surface area contributed by atoms with Crippen molar-refractivity contribution in [2.24, 2.45) is 0 Å². The van der Waals surface area contributed by atoms with E-state index in [4.69, 9.17) is 14.2 Å². The first-order valence-electron chi connectivity index (χ1n) is 8.46. The van der Waals surface area contributed by atoms with Gasteiger partial charge in [-0.3, -0.25) is 9.69 Å². The zero-order valence-electron chi connectivity index (χ0n) is 15.5. The van der Waals surface area contributed by atoms with Crippen molar-refractivity contribution >= 4 is 5.91 Å². The van der Waals surface area contributed by atoms with Crippen molar-refractivity contribution in [1.82, 2.24) is 10.2 Å². The van der Waals surface area contributed by atoms with Crippen LogP contribution in [-0.4, -0.2) is 51.8 Å². The number of para-hydroxylation sites is 2. The molecule has 0 aromatic heterocycles. The standard InChI is InChI=1S/C20H26N2O4/c1-22(14-16-8-10-17(24-2)11-9-16)15-20(23)21-12-13-26-19-7-5-4-6-18(19)25-3/h4-11H,12-15H2,1-3H3,(H,21,23). The Morgan fingerprint density at radius 1 is 1.00 bits per heavy atom. The van der Waals surface area contributed by atoms with Crippen molar-refractivity contribution in [3.63, 3.8) is 0 Å². The lowest BCUT2D eigenvalue weighted by atomic mass is 10.2. The largest absolute Gasteiger partial charge is 0.497 e. The molecular formula is C20H26N2O4. The van der Waals surface area contributed by atoms with Gasteiger partial charge >= 0.3 is 0 Å². The molecule has 0 saturated heterocycles. The highest BCUT2D eigenvalue weighted by Gasteiger charge is 2.08. The topological polar surface area (TPSA) is 60.0 Å². The van der Waals surface area contributed by atoms with Gasteiger partial charge in [0.05, 0.1) is 27.3 Å². The molecule has 0 aliphatic rings. The van der Waals surface area contributed by atoms with E-state index in [-0.39, 0.29) is 5.91 Å². The van der Waals surface area contributed by atoms with Crippen LogP contribution in [0.3, 0.4) is 0 Å². The van der Waals surface area contributed by atoms with Gasteiger partial charge in [-0.15, -0.1) is 0 Å². The third kappa shape index (κ3) is 6.29. The highest BCUT2D eigenvalue weighted by Crippen LogP contribution is 2.25. The molecule has 0 aliphatic carbocycles. The molecule has 0 atom stereocenters. The number of amides is 1. The number of ether oxygens (including phenoxy) is 3. The Morgan fingerprint density at radius 3 is 2.35 bits per heavy atom. The summed E-state index contributed by atoms with van der Waals surface area (Å²) in [7, 11) is 5.15. The Hall–Kier alpha value is -2.73. The lowest BCUT2D eigenvalue weighted by Gasteiger charge is -2.17. The summed E-state index contributed by atoms with van der Waals surface area (Å²) < 4.78 is 16.0. The predicted molar refractivity (Wildman–Crippen MR) is 101 cm³/mol. The van der Waals surface area contributed by atoms with Gasteiger partial charge in [0, 0.05) is 6.54 Å². The Labute approximate surface area is 154 Å². The van der Waals surface area contributed by atoms with Gasteiger partial charge in [0.1, 0.15) is 12.4 Å². The van der Waals surface area contributed by atoms with Crippen LogP contribution >= 0.6 is 0 Å². The predicted octanol–water partition coefficient (Wildman–Crippen LogP) is 2.33. The maximum Gasteiger partial charge on any atom is 0.234 e. The number of benzene rings is 2. The number of likely N-dealkylation sites (N-methyl/N-ethyl adjacent to an activating group) is 1. The fraction of sp³-hybridized carbons (Fsp3) is 0.350. The maximum absolute atomic E-state index is 12.0. The summed E-state index contributed by atoms with van der Waals surface area (Å²) in [4.78, 5) is 14.0. The first-order chi connectivity index (χ1) is 12.6. The van der Waals surface area contributed by atoms with Crippen LogP contribution < -0.4 is 19.5 Å². The SMILES string of the molecule is COc1ccc(CN(C)CC(=O)NCCOc2ccccc2OC)cc1. The van der Waals surface area contributed by atoms with Crippen molar-refractivity contribution in [2.45, 2.75) is 6.54 Å². The van der Waals surface area contributed by atoms with Gasteiger partial charge in [-0.05, 0) is 36.9 Å². The molecule has 6 nitrogen and oxygen atoms in total. The smallest absolute Gasteiger partial charge is 0.234 e. The van der Waals surface area contributed by atoms with E-state index in [1.807, 2.05) is 60.5 Å². The monoisotopic (exact) mass is 358 g/mol. The second-order valence-corrected chi connectivity index (χ2v) is 5.87. The van der Waals surface area contributed by atoms with Crippen molar-refractivity contribution in [3.05, 3.63) is 54.1 Å². The van der Waals surface area contributed by atoms with E-state index in [0.29, 0.717) is 37.7 Å². The minimum absolute atomic E-state index is 0.0374. The third-order valence-electron chi connectivity index (χ3n) is 3.78. The summed E-state index contributed by atoms with van der Waals surface area (Å²) in [5.41, 5.74) is 1.13. The van der Waals surface area contributed by atoms with Gasteiger partial charge in [0.15, 0.2) is 11.5 Å². The van der Waals surface area contributed by atoms with E-state index < -0.39 is 0 Å². The number of carbonyl (C=O) groups excluding carboxylic acids is 1. The highest BCUT2D eigenvalue weighted by atomic mass is 16.5. The molecule has 1 amide bonds. The molecule has 6 heteroatoms. The van der Waals surface area contributed by atoms with Crippen LogP contribution in [0.4, 0.5) is 0 Å². The van der Waals surface area contributed by atoms with Crippen molar-refractivity contribution in [3.8, 4) is 17.2 Å². The Morgan fingerprint density at radius 2 is 1.69 bits per heavy atom. The molecule has 1 N–H and O–H groups in total. The summed E-state index contributed by atoms with van der Waals surface area (Å²) in [5, 5.41) is 2.86. The van der Waals surface area contributed by atoms with E-state index in [0.717, 1.165) is 11.3 Å². The van der Waals surface area contributed by atoms with Crippen molar-refractivity contribution in [1.29, 1.82) is 0 Å². The third-order valence-corrected chi connectivity index (χ3v) is 3.78. The van der Waals surface area contributed by atoms with Crippen LogP contribution in [0.15, 0.2) is 48.5 Å². The van der Waals surface area contributed by atoms with Gasteiger partial charge in [0.2, 0.25) is 5.91 Å². The number of nitrogens with one attached hydrogen (secondary N) is 1. The molecule has 0 bridgehead atoms. The molecule has 140 valence electrons. The summed E-state index contributed by atoms with van der Waals surface area (Å²) in [5.74, 6) is 2.13. The Balaban J connectivity index is 1.67. The number of carbonyl (C=O) groups is 1. The average Bonchev–Trinajstić information content (AvgIpc) is 2.66. The van der Waals surface area contributed by atoms with Gasteiger partial charge in [0.25, 0.3) is 0 Å². The molecule has 0 heterocycles. The summed E-state index contributed by atoms with van der Waals surface area (Å²) in [6.07, 6.45) is 0. The zero-order valence-corrected chi connectivity index (χ0v) is 15.5. The normalized spacial score (nSPS) is 10.5. The van der Waals surface area contributed by atoms with E-state index in [9.17, 15) is 4.79 Å². The average molecular weight is 358 g/mol. The molecule has 2 aromatic rings. The molecule has 2 aromatic carbocycles. The highest BCUT2D eigenvalue weighted by molar-refractivity contribution is 5.77. The summed E-state index contributed by atoms with van der Waals surface area (Å²) in [6, 6.07) is 15.3. The van der Waals surface area contributed by atoms with Crippen LogP contribution in [-0.2, 0) is 11.3 Å². The quantitative estimate of drug-likeness (QED) is 0.661. The first kappa shape index (κ1) is 19.6. The van der Waals surface area contributed by atoms with Gasteiger partial charge in [-0.2, -0.15) is 0 Å². The second-order valence-electron chi connectivity index (χ2n) is 5.87.